The molecule has 1 aliphatic heterocycles. The number of aromatic nitrogens is 2. The maximum absolute atomic E-state index is 12.7. The normalized spacial score (nSPS) is 15.9. The van der Waals surface area contributed by atoms with Crippen LogP contribution in [0.2, 0.25) is 0 Å². The highest BCUT2D eigenvalue weighted by Crippen LogP contribution is 2.19. The summed E-state index contributed by atoms with van der Waals surface area (Å²) < 4.78 is 1.93. The SMILES string of the molecule is CCn1cc(CN2CCCN(C(=O)c3sccc3C#N)CC2)cn1. The second-order valence-electron chi connectivity index (χ2n) is 5.90. The van der Waals surface area contributed by atoms with Crippen LogP contribution in [-0.2, 0) is 13.1 Å². The molecule has 3 rings (SSSR count). The van der Waals surface area contributed by atoms with Crippen molar-refractivity contribution >= 4 is 17.2 Å². The molecule has 7 heteroatoms. The van der Waals surface area contributed by atoms with Crippen molar-refractivity contribution in [2.24, 2.45) is 0 Å². The highest BCUT2D eigenvalue weighted by molar-refractivity contribution is 7.12. The van der Waals surface area contributed by atoms with Crippen LogP contribution in [0.25, 0.3) is 0 Å². The number of rotatable bonds is 4. The van der Waals surface area contributed by atoms with Crippen molar-refractivity contribution in [2.45, 2.75) is 26.4 Å². The van der Waals surface area contributed by atoms with Crippen LogP contribution in [0.5, 0.6) is 0 Å². The zero-order valence-corrected chi connectivity index (χ0v) is 14.6. The molecule has 1 aliphatic rings. The number of nitrogens with zero attached hydrogens (tertiary/aromatic N) is 5. The number of thiophene rings is 1. The Balaban J connectivity index is 1.60. The monoisotopic (exact) mass is 343 g/mol. The molecule has 0 N–H and O–H groups in total. The maximum Gasteiger partial charge on any atom is 0.265 e. The van der Waals surface area contributed by atoms with Gasteiger partial charge in [-0.2, -0.15) is 10.4 Å². The lowest BCUT2D eigenvalue weighted by Gasteiger charge is -2.21. The van der Waals surface area contributed by atoms with E-state index in [4.69, 9.17) is 5.26 Å². The zero-order valence-electron chi connectivity index (χ0n) is 13.8. The summed E-state index contributed by atoms with van der Waals surface area (Å²) in [6.45, 7) is 7.07. The van der Waals surface area contributed by atoms with E-state index in [1.807, 2.05) is 15.8 Å². The minimum Gasteiger partial charge on any atom is -0.337 e. The van der Waals surface area contributed by atoms with Gasteiger partial charge in [-0.05, 0) is 24.8 Å². The molecule has 1 saturated heterocycles. The Morgan fingerprint density at radius 3 is 3.00 bits per heavy atom. The van der Waals surface area contributed by atoms with Gasteiger partial charge in [-0.25, -0.2) is 0 Å². The third-order valence-electron chi connectivity index (χ3n) is 4.27. The van der Waals surface area contributed by atoms with Crippen LogP contribution in [0.15, 0.2) is 23.8 Å². The first-order valence-electron chi connectivity index (χ1n) is 8.21. The van der Waals surface area contributed by atoms with Crippen molar-refractivity contribution in [3.63, 3.8) is 0 Å². The molecule has 24 heavy (non-hydrogen) atoms. The number of carbonyl (C=O) groups excluding carboxylic acids is 1. The van der Waals surface area contributed by atoms with Gasteiger partial charge in [-0.15, -0.1) is 11.3 Å². The standard InChI is InChI=1S/C17H21N5OS/c1-2-22-13-14(11-19-22)12-20-5-3-6-21(8-7-20)17(23)16-15(10-18)4-9-24-16/h4,9,11,13H,2-3,5-8,12H2,1H3. The highest BCUT2D eigenvalue weighted by atomic mass is 32.1. The van der Waals surface area contributed by atoms with E-state index in [1.165, 1.54) is 16.9 Å². The van der Waals surface area contributed by atoms with E-state index in [1.54, 1.807) is 11.4 Å². The predicted molar refractivity (Wildman–Crippen MR) is 92.7 cm³/mol. The molecule has 0 spiro atoms. The second kappa shape index (κ2) is 7.60. The fourth-order valence-electron chi connectivity index (χ4n) is 2.96. The molecule has 2 aromatic rings. The number of aryl methyl sites for hydroxylation is 1. The quantitative estimate of drug-likeness (QED) is 0.853. The average molecular weight is 343 g/mol. The first-order chi connectivity index (χ1) is 11.7. The molecule has 126 valence electrons. The van der Waals surface area contributed by atoms with Gasteiger partial charge in [-0.3, -0.25) is 14.4 Å². The summed E-state index contributed by atoms with van der Waals surface area (Å²) >= 11 is 1.35. The van der Waals surface area contributed by atoms with Crippen molar-refractivity contribution < 1.29 is 4.79 Å². The van der Waals surface area contributed by atoms with Gasteiger partial charge in [0.05, 0.1) is 11.8 Å². The van der Waals surface area contributed by atoms with Gasteiger partial charge >= 0.3 is 0 Å². The fourth-order valence-corrected chi connectivity index (χ4v) is 3.77. The minimum atomic E-state index is -0.0118. The van der Waals surface area contributed by atoms with Gasteiger partial charge < -0.3 is 4.90 Å². The summed E-state index contributed by atoms with van der Waals surface area (Å²) in [4.78, 5) is 17.5. The fraction of sp³-hybridized carbons (Fsp3) is 0.471. The van der Waals surface area contributed by atoms with Crippen molar-refractivity contribution in [1.82, 2.24) is 19.6 Å². The van der Waals surface area contributed by atoms with Gasteiger partial charge in [0.25, 0.3) is 5.91 Å². The summed E-state index contributed by atoms with van der Waals surface area (Å²) in [5, 5.41) is 15.2. The third-order valence-corrected chi connectivity index (χ3v) is 5.17. The molecule has 0 aliphatic carbocycles. The largest absolute Gasteiger partial charge is 0.337 e. The smallest absolute Gasteiger partial charge is 0.265 e. The molecule has 0 saturated carbocycles. The average Bonchev–Trinajstić information content (AvgIpc) is 3.19. The van der Waals surface area contributed by atoms with E-state index in [2.05, 4.69) is 29.2 Å². The van der Waals surface area contributed by atoms with Gasteiger partial charge in [0.2, 0.25) is 0 Å². The predicted octanol–water partition coefficient (Wildman–Crippen LogP) is 2.18. The Morgan fingerprint density at radius 2 is 2.25 bits per heavy atom. The molecule has 2 aromatic heterocycles. The van der Waals surface area contributed by atoms with Crippen LogP contribution >= 0.6 is 11.3 Å². The first kappa shape index (κ1) is 16.7. The van der Waals surface area contributed by atoms with Crippen LogP contribution in [0.4, 0.5) is 0 Å². The zero-order chi connectivity index (χ0) is 16.9. The van der Waals surface area contributed by atoms with Crippen molar-refractivity contribution in [3.05, 3.63) is 39.8 Å². The van der Waals surface area contributed by atoms with Crippen molar-refractivity contribution in [3.8, 4) is 6.07 Å². The molecule has 0 unspecified atom stereocenters. The van der Waals surface area contributed by atoms with Crippen LogP contribution < -0.4 is 0 Å². The summed E-state index contributed by atoms with van der Waals surface area (Å²) in [6.07, 6.45) is 4.95. The van der Waals surface area contributed by atoms with Crippen molar-refractivity contribution in [2.75, 3.05) is 26.2 Å². The molecule has 0 atom stereocenters. The van der Waals surface area contributed by atoms with Gasteiger partial charge in [0.15, 0.2) is 0 Å². The summed E-state index contributed by atoms with van der Waals surface area (Å²) in [5.41, 5.74) is 1.69. The molecule has 6 nitrogen and oxygen atoms in total. The molecule has 0 aromatic carbocycles. The number of hydrogen-bond acceptors (Lipinski definition) is 5. The Labute approximate surface area is 145 Å². The van der Waals surface area contributed by atoms with E-state index >= 15 is 0 Å². The van der Waals surface area contributed by atoms with Gasteiger partial charge in [-0.1, -0.05) is 0 Å². The Morgan fingerprint density at radius 1 is 1.38 bits per heavy atom. The Hall–Kier alpha value is -2.17. The lowest BCUT2D eigenvalue weighted by atomic mass is 10.2. The van der Waals surface area contributed by atoms with Crippen LogP contribution in [-0.4, -0.2) is 51.7 Å². The van der Waals surface area contributed by atoms with E-state index < -0.39 is 0 Å². The lowest BCUT2D eigenvalue weighted by Crippen LogP contribution is -2.35. The molecule has 1 amide bonds. The Bertz CT molecular complexity index is 744. The molecular weight excluding hydrogens is 322 g/mol. The number of carbonyl (C=O) groups is 1. The third kappa shape index (κ3) is 3.66. The van der Waals surface area contributed by atoms with E-state index in [0.29, 0.717) is 17.0 Å². The topological polar surface area (TPSA) is 65.2 Å². The van der Waals surface area contributed by atoms with E-state index in [0.717, 1.165) is 39.1 Å². The van der Waals surface area contributed by atoms with E-state index in [-0.39, 0.29) is 5.91 Å². The highest BCUT2D eigenvalue weighted by Gasteiger charge is 2.23. The second-order valence-corrected chi connectivity index (χ2v) is 6.82. The van der Waals surface area contributed by atoms with Gasteiger partial charge in [0, 0.05) is 51.0 Å². The summed E-state index contributed by atoms with van der Waals surface area (Å²) in [7, 11) is 0. The van der Waals surface area contributed by atoms with Crippen molar-refractivity contribution in [1.29, 1.82) is 5.26 Å². The molecule has 0 bridgehead atoms. The first-order valence-corrected chi connectivity index (χ1v) is 9.09. The molecule has 3 heterocycles. The molecule has 0 radical (unpaired) electrons. The summed E-state index contributed by atoms with van der Waals surface area (Å²) in [5.74, 6) is -0.0118. The van der Waals surface area contributed by atoms with Crippen LogP contribution in [0.1, 0.15) is 34.1 Å². The number of nitriles is 1. The molecule has 1 fully saturated rings. The number of amides is 1. The van der Waals surface area contributed by atoms with E-state index in [9.17, 15) is 4.79 Å². The lowest BCUT2D eigenvalue weighted by molar-refractivity contribution is 0.0765. The number of hydrogen-bond donors (Lipinski definition) is 0. The Kier molecular flexibility index (Phi) is 5.28. The maximum atomic E-state index is 12.7. The minimum absolute atomic E-state index is 0.0118. The van der Waals surface area contributed by atoms with Crippen LogP contribution in [0, 0.1) is 11.3 Å². The summed E-state index contributed by atoms with van der Waals surface area (Å²) in [6, 6.07) is 3.82. The van der Waals surface area contributed by atoms with Gasteiger partial charge in [0.1, 0.15) is 10.9 Å². The molecular formula is C17H21N5OS. The van der Waals surface area contributed by atoms with Crippen LogP contribution in [0.3, 0.4) is 0 Å².